The van der Waals surface area contributed by atoms with E-state index in [1.165, 1.54) is 35.4 Å². The lowest BCUT2D eigenvalue weighted by atomic mass is 9.71. The molecule has 0 saturated heterocycles. The molecule has 3 nitrogen and oxygen atoms in total. The number of halogens is 1. The molecule has 0 bridgehead atoms. The van der Waals surface area contributed by atoms with E-state index in [0.717, 1.165) is 39.3 Å². The van der Waals surface area contributed by atoms with Crippen LogP contribution in [0, 0.1) is 17.7 Å². The van der Waals surface area contributed by atoms with Crippen LogP contribution in [0.5, 0.6) is 0 Å². The molecule has 1 atom stereocenters. The molecule has 2 N–H and O–H groups in total. The molecular formula is C35H29FO3S. The van der Waals surface area contributed by atoms with Gasteiger partial charge >= 0.3 is 5.97 Å². The Kier molecular flexibility index (Phi) is 7.93. The number of aromatic carboxylic acids is 1. The number of allylic oxidation sites excluding steroid dienone is 1. The van der Waals surface area contributed by atoms with Crippen molar-refractivity contribution >= 4 is 23.3 Å². The van der Waals surface area contributed by atoms with E-state index < -0.39 is 12.1 Å². The predicted molar refractivity (Wildman–Crippen MR) is 159 cm³/mol. The van der Waals surface area contributed by atoms with Crippen molar-refractivity contribution in [1.82, 2.24) is 0 Å². The van der Waals surface area contributed by atoms with Gasteiger partial charge in [-0.2, -0.15) is 0 Å². The van der Waals surface area contributed by atoms with E-state index in [2.05, 4.69) is 68.2 Å². The lowest BCUT2D eigenvalue weighted by molar-refractivity contribution is 0.0697. The molecule has 1 aliphatic carbocycles. The van der Waals surface area contributed by atoms with Crippen LogP contribution >= 0.6 is 11.8 Å². The Hall–Kier alpha value is -4.11. The van der Waals surface area contributed by atoms with E-state index >= 15 is 0 Å². The smallest absolute Gasteiger partial charge is 0.335 e. The SMILES string of the molecule is CC1(C)CC=C(c2ccc(SCc3ccc(F)cc3)cc2)c2ccc(C(O)C#Cc3ccc(C(=O)O)cc3)cc21. The lowest BCUT2D eigenvalue weighted by Crippen LogP contribution is -2.22. The number of fused-ring (bicyclic) bond motifs is 1. The maximum absolute atomic E-state index is 13.2. The fourth-order valence-corrected chi connectivity index (χ4v) is 5.64. The van der Waals surface area contributed by atoms with Crippen LogP contribution in [0.1, 0.15) is 70.1 Å². The van der Waals surface area contributed by atoms with Gasteiger partial charge in [-0.25, -0.2) is 9.18 Å². The summed E-state index contributed by atoms with van der Waals surface area (Å²) in [6, 6.07) is 27.5. The van der Waals surface area contributed by atoms with Crippen LogP contribution in [-0.4, -0.2) is 16.2 Å². The van der Waals surface area contributed by atoms with Gasteiger partial charge < -0.3 is 10.2 Å². The summed E-state index contributed by atoms with van der Waals surface area (Å²) >= 11 is 1.72. The van der Waals surface area contributed by atoms with Gasteiger partial charge in [0.15, 0.2) is 0 Å². The first-order chi connectivity index (χ1) is 19.2. The summed E-state index contributed by atoms with van der Waals surface area (Å²) in [4.78, 5) is 12.2. The molecule has 0 spiro atoms. The number of rotatable bonds is 6. The van der Waals surface area contributed by atoms with E-state index in [-0.39, 0.29) is 16.8 Å². The van der Waals surface area contributed by atoms with Crippen LogP contribution in [0.2, 0.25) is 0 Å². The standard InChI is InChI=1S/C35H29FO3S/c1-35(2)20-19-30(25-10-15-29(16-11-25)40-22-24-5-13-28(36)14-6-24)31-17-12-27(21-32(31)35)33(37)18-7-23-3-8-26(9-4-23)34(38)39/h3-6,8-17,19,21,33,37H,20,22H2,1-2H3,(H,38,39). The minimum atomic E-state index is -0.985. The number of carbonyl (C=O) groups is 1. The summed E-state index contributed by atoms with van der Waals surface area (Å²) in [5.41, 5.74) is 7.20. The van der Waals surface area contributed by atoms with Crippen molar-refractivity contribution in [2.24, 2.45) is 0 Å². The highest BCUT2D eigenvalue weighted by Crippen LogP contribution is 2.42. The van der Waals surface area contributed by atoms with Crippen molar-refractivity contribution < 1.29 is 19.4 Å². The maximum Gasteiger partial charge on any atom is 0.335 e. The average molecular weight is 549 g/mol. The molecule has 4 aromatic carbocycles. The summed E-state index contributed by atoms with van der Waals surface area (Å²) in [7, 11) is 0. The second-order valence-corrected chi connectivity index (χ2v) is 11.6. The molecule has 1 aliphatic rings. The summed E-state index contributed by atoms with van der Waals surface area (Å²) in [6.07, 6.45) is 2.20. The minimum absolute atomic E-state index is 0.0976. The van der Waals surface area contributed by atoms with Gasteiger partial charge in [-0.1, -0.05) is 74.2 Å². The quantitative estimate of drug-likeness (QED) is 0.189. The first-order valence-corrected chi connectivity index (χ1v) is 14.0. The first-order valence-electron chi connectivity index (χ1n) is 13.1. The highest BCUT2D eigenvalue weighted by Gasteiger charge is 2.29. The third-order valence-corrected chi connectivity index (χ3v) is 8.25. The van der Waals surface area contributed by atoms with Gasteiger partial charge in [-0.3, -0.25) is 0 Å². The Labute approximate surface area is 238 Å². The van der Waals surface area contributed by atoms with Crippen LogP contribution in [0.4, 0.5) is 4.39 Å². The molecule has 4 aromatic rings. The second-order valence-electron chi connectivity index (χ2n) is 10.5. The van der Waals surface area contributed by atoms with Gasteiger partial charge in [-0.15, -0.1) is 11.8 Å². The number of hydrogen-bond donors (Lipinski definition) is 2. The van der Waals surface area contributed by atoms with Crippen LogP contribution in [0.25, 0.3) is 5.57 Å². The third kappa shape index (κ3) is 6.20. The molecule has 0 amide bonds. The van der Waals surface area contributed by atoms with Crippen molar-refractivity contribution in [1.29, 1.82) is 0 Å². The van der Waals surface area contributed by atoms with E-state index in [0.29, 0.717) is 5.56 Å². The first kappa shape index (κ1) is 27.5. The van der Waals surface area contributed by atoms with Gasteiger partial charge in [0, 0.05) is 16.2 Å². The average Bonchev–Trinajstić information content (AvgIpc) is 2.96. The molecule has 40 heavy (non-hydrogen) atoms. The zero-order chi connectivity index (χ0) is 28.3. The van der Waals surface area contributed by atoms with Gasteiger partial charge in [0.2, 0.25) is 0 Å². The number of thioether (sulfide) groups is 1. The molecule has 0 aliphatic heterocycles. The molecule has 0 radical (unpaired) electrons. The van der Waals surface area contributed by atoms with Crippen molar-refractivity contribution in [2.45, 2.75) is 42.4 Å². The predicted octanol–water partition coefficient (Wildman–Crippen LogP) is 8.01. The zero-order valence-electron chi connectivity index (χ0n) is 22.3. The highest BCUT2D eigenvalue weighted by atomic mass is 32.2. The third-order valence-electron chi connectivity index (χ3n) is 7.16. The normalized spacial score (nSPS) is 14.3. The Balaban J connectivity index is 1.34. The Bertz CT molecular complexity index is 1620. The summed E-state index contributed by atoms with van der Waals surface area (Å²) in [5, 5.41) is 19.9. The fraction of sp³-hybridized carbons (Fsp3) is 0.171. The Morgan fingerprint density at radius 2 is 1.68 bits per heavy atom. The molecule has 1 unspecified atom stereocenters. The lowest BCUT2D eigenvalue weighted by Gasteiger charge is -2.33. The fourth-order valence-electron chi connectivity index (χ4n) is 4.79. The number of aliphatic hydroxyl groups is 1. The summed E-state index contributed by atoms with van der Waals surface area (Å²) in [6.45, 7) is 4.42. The van der Waals surface area contributed by atoms with Crippen LogP contribution in [0.15, 0.2) is 102 Å². The Morgan fingerprint density at radius 3 is 2.35 bits per heavy atom. The van der Waals surface area contributed by atoms with Crippen LogP contribution < -0.4 is 0 Å². The molecule has 200 valence electrons. The molecule has 0 saturated carbocycles. The van der Waals surface area contributed by atoms with Gasteiger partial charge in [0.05, 0.1) is 5.56 Å². The van der Waals surface area contributed by atoms with E-state index in [9.17, 15) is 14.3 Å². The van der Waals surface area contributed by atoms with E-state index in [1.54, 1.807) is 23.9 Å². The van der Waals surface area contributed by atoms with Gasteiger partial charge in [-0.05, 0) is 93.8 Å². The molecule has 0 aromatic heterocycles. The molecule has 0 fully saturated rings. The number of benzene rings is 4. The van der Waals surface area contributed by atoms with E-state index in [4.69, 9.17) is 5.11 Å². The topological polar surface area (TPSA) is 57.5 Å². The number of aliphatic hydroxyl groups excluding tert-OH is 1. The maximum atomic E-state index is 13.2. The van der Waals surface area contributed by atoms with Crippen molar-refractivity contribution in [3.8, 4) is 11.8 Å². The van der Waals surface area contributed by atoms with Crippen LogP contribution in [0.3, 0.4) is 0 Å². The Morgan fingerprint density at radius 1 is 0.975 bits per heavy atom. The van der Waals surface area contributed by atoms with Crippen LogP contribution in [-0.2, 0) is 11.2 Å². The van der Waals surface area contributed by atoms with Crippen molar-refractivity contribution in [2.75, 3.05) is 0 Å². The monoisotopic (exact) mass is 548 g/mol. The highest BCUT2D eigenvalue weighted by molar-refractivity contribution is 7.98. The number of hydrogen-bond acceptors (Lipinski definition) is 3. The zero-order valence-corrected chi connectivity index (χ0v) is 23.1. The van der Waals surface area contributed by atoms with Gasteiger partial charge in [0.1, 0.15) is 11.9 Å². The van der Waals surface area contributed by atoms with Crippen molar-refractivity contribution in [3.63, 3.8) is 0 Å². The molecule has 5 heteroatoms. The summed E-state index contributed by atoms with van der Waals surface area (Å²) < 4.78 is 13.2. The van der Waals surface area contributed by atoms with Crippen molar-refractivity contribution in [3.05, 3.63) is 142 Å². The summed E-state index contributed by atoms with van der Waals surface area (Å²) in [5.74, 6) is 5.42. The molecular weight excluding hydrogens is 519 g/mol. The number of carboxylic acids is 1. The minimum Gasteiger partial charge on any atom is -0.478 e. The second kappa shape index (κ2) is 11.6. The number of carboxylic acid groups (broad SMARTS) is 1. The van der Waals surface area contributed by atoms with Gasteiger partial charge in [0.25, 0.3) is 0 Å². The molecule has 0 heterocycles. The van der Waals surface area contributed by atoms with E-state index in [1.807, 2.05) is 18.2 Å². The largest absolute Gasteiger partial charge is 0.478 e. The molecule has 5 rings (SSSR count).